The summed E-state index contributed by atoms with van der Waals surface area (Å²) < 4.78 is 24.1. The van der Waals surface area contributed by atoms with Gasteiger partial charge in [-0.05, 0) is 19.9 Å². The highest BCUT2D eigenvalue weighted by molar-refractivity contribution is 7.91. The van der Waals surface area contributed by atoms with Crippen molar-refractivity contribution in [2.75, 3.05) is 13.1 Å². The van der Waals surface area contributed by atoms with Gasteiger partial charge in [-0.2, -0.15) is 0 Å². The molecule has 1 N–H and O–H groups in total. The molecular weight excluding hydrogens is 250 g/mol. The van der Waals surface area contributed by atoms with Gasteiger partial charge in [-0.15, -0.1) is 0 Å². The standard InChI is InChI=1S/C9H12ClN3O2S/c1-6-4-12-9(13-8(6)10)16(14,15)7-2-3-11-5-7/h4,7,11H,2-3,5H2,1H3. The van der Waals surface area contributed by atoms with Gasteiger partial charge in [-0.3, -0.25) is 0 Å². The molecule has 2 rings (SSSR count). The van der Waals surface area contributed by atoms with Crippen LogP contribution in [0.3, 0.4) is 0 Å². The maximum Gasteiger partial charge on any atom is 0.248 e. The van der Waals surface area contributed by atoms with Gasteiger partial charge in [-0.1, -0.05) is 11.6 Å². The quantitative estimate of drug-likeness (QED) is 0.623. The Morgan fingerprint density at radius 1 is 1.56 bits per heavy atom. The topological polar surface area (TPSA) is 72.0 Å². The fourth-order valence-electron chi connectivity index (χ4n) is 1.59. The molecule has 1 atom stereocenters. The molecule has 0 spiro atoms. The van der Waals surface area contributed by atoms with E-state index in [1.807, 2.05) is 0 Å². The van der Waals surface area contributed by atoms with Crippen LogP contribution < -0.4 is 5.32 Å². The molecule has 0 aromatic carbocycles. The highest BCUT2D eigenvalue weighted by Crippen LogP contribution is 2.19. The van der Waals surface area contributed by atoms with Gasteiger partial charge in [0.1, 0.15) is 5.15 Å². The van der Waals surface area contributed by atoms with E-state index >= 15 is 0 Å². The lowest BCUT2D eigenvalue weighted by Gasteiger charge is -2.09. The first-order valence-corrected chi connectivity index (χ1v) is 6.88. The first kappa shape index (κ1) is 11.8. The number of nitrogens with one attached hydrogen (secondary N) is 1. The molecule has 1 unspecified atom stereocenters. The van der Waals surface area contributed by atoms with E-state index in [4.69, 9.17) is 11.6 Å². The first-order chi connectivity index (χ1) is 7.51. The second-order valence-electron chi connectivity index (χ2n) is 3.79. The summed E-state index contributed by atoms with van der Waals surface area (Å²) in [7, 11) is -3.45. The Morgan fingerprint density at radius 3 is 2.88 bits per heavy atom. The minimum Gasteiger partial charge on any atom is -0.315 e. The molecule has 1 aromatic heterocycles. The van der Waals surface area contributed by atoms with Crippen molar-refractivity contribution < 1.29 is 8.42 Å². The van der Waals surface area contributed by atoms with Crippen molar-refractivity contribution in [3.05, 3.63) is 16.9 Å². The Labute approximate surface area is 99.2 Å². The average molecular weight is 262 g/mol. The minimum atomic E-state index is -3.45. The zero-order valence-corrected chi connectivity index (χ0v) is 10.3. The molecule has 0 aliphatic carbocycles. The molecule has 0 bridgehead atoms. The van der Waals surface area contributed by atoms with Crippen LogP contribution in [0.1, 0.15) is 12.0 Å². The lowest BCUT2D eigenvalue weighted by molar-refractivity contribution is 0.573. The third-order valence-electron chi connectivity index (χ3n) is 2.60. The third kappa shape index (κ3) is 2.05. The van der Waals surface area contributed by atoms with Crippen LogP contribution in [-0.2, 0) is 9.84 Å². The van der Waals surface area contributed by atoms with Gasteiger partial charge in [-0.25, -0.2) is 18.4 Å². The predicted molar refractivity (Wildman–Crippen MR) is 60.2 cm³/mol. The number of hydrogen-bond donors (Lipinski definition) is 1. The van der Waals surface area contributed by atoms with Gasteiger partial charge in [0.25, 0.3) is 0 Å². The Balaban J connectivity index is 2.39. The smallest absolute Gasteiger partial charge is 0.248 e. The Hall–Kier alpha value is -0.720. The molecule has 88 valence electrons. The van der Waals surface area contributed by atoms with Crippen LogP contribution in [0.25, 0.3) is 0 Å². The molecule has 0 saturated carbocycles. The first-order valence-electron chi connectivity index (χ1n) is 4.95. The van der Waals surface area contributed by atoms with Crippen LogP contribution in [0.4, 0.5) is 0 Å². The monoisotopic (exact) mass is 261 g/mol. The maximum atomic E-state index is 12.1. The lowest BCUT2D eigenvalue weighted by Crippen LogP contribution is -2.25. The van der Waals surface area contributed by atoms with E-state index in [1.165, 1.54) is 6.20 Å². The van der Waals surface area contributed by atoms with Crippen molar-refractivity contribution in [1.82, 2.24) is 15.3 Å². The summed E-state index contributed by atoms with van der Waals surface area (Å²) in [5, 5.41) is 2.59. The van der Waals surface area contributed by atoms with Crippen molar-refractivity contribution in [1.29, 1.82) is 0 Å². The molecule has 1 aromatic rings. The van der Waals surface area contributed by atoms with E-state index in [1.54, 1.807) is 6.92 Å². The van der Waals surface area contributed by atoms with Gasteiger partial charge < -0.3 is 5.32 Å². The third-order valence-corrected chi connectivity index (χ3v) is 4.96. The van der Waals surface area contributed by atoms with Crippen LogP contribution in [0.5, 0.6) is 0 Å². The van der Waals surface area contributed by atoms with Crippen molar-refractivity contribution in [2.45, 2.75) is 23.8 Å². The number of halogens is 1. The van der Waals surface area contributed by atoms with E-state index in [-0.39, 0.29) is 10.3 Å². The lowest BCUT2D eigenvalue weighted by atomic mass is 10.4. The molecule has 1 aliphatic heterocycles. The molecule has 7 heteroatoms. The summed E-state index contributed by atoms with van der Waals surface area (Å²) in [4.78, 5) is 7.67. The summed E-state index contributed by atoms with van der Waals surface area (Å²) in [6.45, 7) is 2.90. The van der Waals surface area contributed by atoms with Crippen molar-refractivity contribution in [3.63, 3.8) is 0 Å². The largest absolute Gasteiger partial charge is 0.315 e. The van der Waals surface area contributed by atoms with Crippen LogP contribution >= 0.6 is 11.6 Å². The van der Waals surface area contributed by atoms with E-state index in [9.17, 15) is 8.42 Å². The average Bonchev–Trinajstić information content (AvgIpc) is 2.75. The van der Waals surface area contributed by atoms with Gasteiger partial charge in [0.2, 0.25) is 15.0 Å². The van der Waals surface area contributed by atoms with Gasteiger partial charge in [0.15, 0.2) is 0 Å². The summed E-state index contributed by atoms with van der Waals surface area (Å²) in [6.07, 6.45) is 2.03. The number of hydrogen-bond acceptors (Lipinski definition) is 5. The van der Waals surface area contributed by atoms with E-state index in [0.717, 1.165) is 0 Å². The van der Waals surface area contributed by atoms with Gasteiger partial charge >= 0.3 is 0 Å². The van der Waals surface area contributed by atoms with Crippen LogP contribution in [0.15, 0.2) is 11.4 Å². The summed E-state index contributed by atoms with van der Waals surface area (Å²) >= 11 is 5.80. The van der Waals surface area contributed by atoms with Crippen LogP contribution in [-0.4, -0.2) is 36.7 Å². The second-order valence-corrected chi connectivity index (χ2v) is 6.27. The zero-order valence-electron chi connectivity index (χ0n) is 8.77. The molecular formula is C9H12ClN3O2S. The SMILES string of the molecule is Cc1cnc(S(=O)(=O)C2CCNC2)nc1Cl. The highest BCUT2D eigenvalue weighted by atomic mass is 35.5. The Kier molecular flexibility index (Phi) is 3.14. The van der Waals surface area contributed by atoms with Crippen LogP contribution in [0.2, 0.25) is 5.15 Å². The molecule has 0 amide bonds. The number of aryl methyl sites for hydroxylation is 1. The molecule has 16 heavy (non-hydrogen) atoms. The van der Waals surface area contributed by atoms with Gasteiger partial charge in [0.05, 0.1) is 5.25 Å². The molecule has 1 fully saturated rings. The van der Waals surface area contributed by atoms with Crippen molar-refractivity contribution >= 4 is 21.4 Å². The number of nitrogens with zero attached hydrogens (tertiary/aromatic N) is 2. The van der Waals surface area contributed by atoms with E-state index in [2.05, 4.69) is 15.3 Å². The van der Waals surface area contributed by atoms with Gasteiger partial charge in [0, 0.05) is 18.3 Å². The van der Waals surface area contributed by atoms with Crippen molar-refractivity contribution in [2.24, 2.45) is 0 Å². The number of sulfone groups is 1. The minimum absolute atomic E-state index is 0.170. The van der Waals surface area contributed by atoms with E-state index < -0.39 is 15.1 Å². The van der Waals surface area contributed by atoms with Crippen LogP contribution in [0, 0.1) is 6.92 Å². The zero-order chi connectivity index (χ0) is 11.8. The number of rotatable bonds is 2. The molecule has 0 radical (unpaired) electrons. The Morgan fingerprint density at radius 2 is 2.31 bits per heavy atom. The normalized spacial score (nSPS) is 21.2. The molecule has 5 nitrogen and oxygen atoms in total. The summed E-state index contributed by atoms with van der Waals surface area (Å²) in [5.41, 5.74) is 0.671. The molecule has 1 saturated heterocycles. The summed E-state index contributed by atoms with van der Waals surface area (Å²) in [6, 6.07) is 0. The Bertz CT molecular complexity index is 497. The second kappa shape index (κ2) is 4.27. The van der Waals surface area contributed by atoms with E-state index in [0.29, 0.717) is 25.1 Å². The number of aromatic nitrogens is 2. The summed E-state index contributed by atoms with van der Waals surface area (Å²) in [5.74, 6) is 0. The fourth-order valence-corrected chi connectivity index (χ4v) is 3.25. The molecule has 2 heterocycles. The predicted octanol–water partition coefficient (Wildman–Crippen LogP) is 0.574. The maximum absolute atomic E-state index is 12.1. The molecule has 1 aliphatic rings. The van der Waals surface area contributed by atoms with Crippen molar-refractivity contribution in [3.8, 4) is 0 Å². The highest BCUT2D eigenvalue weighted by Gasteiger charge is 2.32. The fraction of sp³-hybridized carbons (Fsp3) is 0.556.